The number of methoxy groups -OCH3 is 1. The van der Waals surface area contributed by atoms with Gasteiger partial charge in [-0.2, -0.15) is 0 Å². The first-order chi connectivity index (χ1) is 7.16. The zero-order valence-corrected chi connectivity index (χ0v) is 8.40. The molecule has 0 aromatic heterocycles. The van der Waals surface area contributed by atoms with Crippen LogP contribution in [0, 0.1) is 0 Å². The summed E-state index contributed by atoms with van der Waals surface area (Å²) >= 11 is 0. The standard InChI is InChI=1S/C10H13NO4/c1-14-5-6-15-8-4-2-3-7(9(8)11)10(12)13/h2-4H,5-6,11H2,1H3,(H,12,13). The lowest BCUT2D eigenvalue weighted by Crippen LogP contribution is -2.08. The second-order valence-electron chi connectivity index (χ2n) is 2.86. The maximum atomic E-state index is 10.7. The van der Waals surface area contributed by atoms with Gasteiger partial charge in [0.2, 0.25) is 0 Å². The SMILES string of the molecule is COCCOc1cccc(C(=O)O)c1N. The smallest absolute Gasteiger partial charge is 0.337 e. The summed E-state index contributed by atoms with van der Waals surface area (Å²) in [5.74, 6) is -0.698. The van der Waals surface area contributed by atoms with E-state index in [0.717, 1.165) is 0 Å². The first kappa shape index (κ1) is 11.3. The third-order valence-corrected chi connectivity index (χ3v) is 1.84. The summed E-state index contributed by atoms with van der Waals surface area (Å²) in [7, 11) is 1.56. The number of para-hydroxylation sites is 1. The van der Waals surface area contributed by atoms with Crippen LogP contribution >= 0.6 is 0 Å². The van der Waals surface area contributed by atoms with Crippen LogP contribution in [0.25, 0.3) is 0 Å². The number of ether oxygens (including phenoxy) is 2. The number of hydrogen-bond donors (Lipinski definition) is 2. The fraction of sp³-hybridized carbons (Fsp3) is 0.300. The molecule has 0 aliphatic carbocycles. The van der Waals surface area contributed by atoms with Crippen molar-refractivity contribution in [1.29, 1.82) is 0 Å². The van der Waals surface area contributed by atoms with E-state index in [1.165, 1.54) is 6.07 Å². The Morgan fingerprint density at radius 3 is 2.80 bits per heavy atom. The summed E-state index contributed by atoms with van der Waals surface area (Å²) in [6, 6.07) is 4.64. The Balaban J connectivity index is 2.80. The van der Waals surface area contributed by atoms with Crippen LogP contribution in [0.5, 0.6) is 5.75 Å². The van der Waals surface area contributed by atoms with Gasteiger partial charge in [0.05, 0.1) is 17.9 Å². The topological polar surface area (TPSA) is 81.8 Å². The second kappa shape index (κ2) is 5.21. The van der Waals surface area contributed by atoms with Gasteiger partial charge in [-0.3, -0.25) is 0 Å². The number of anilines is 1. The van der Waals surface area contributed by atoms with Gasteiger partial charge in [-0.1, -0.05) is 6.07 Å². The Hall–Kier alpha value is -1.75. The van der Waals surface area contributed by atoms with Gasteiger partial charge in [0.15, 0.2) is 0 Å². The molecule has 5 nitrogen and oxygen atoms in total. The molecule has 0 aliphatic heterocycles. The van der Waals surface area contributed by atoms with Crippen LogP contribution in [0.4, 0.5) is 5.69 Å². The van der Waals surface area contributed by atoms with Gasteiger partial charge in [0, 0.05) is 7.11 Å². The van der Waals surface area contributed by atoms with Gasteiger partial charge in [-0.25, -0.2) is 4.79 Å². The highest BCUT2D eigenvalue weighted by atomic mass is 16.5. The predicted molar refractivity (Wildman–Crippen MR) is 55.2 cm³/mol. The average molecular weight is 211 g/mol. The normalized spacial score (nSPS) is 9.93. The summed E-state index contributed by atoms with van der Waals surface area (Å²) < 4.78 is 10.1. The first-order valence-electron chi connectivity index (χ1n) is 4.40. The van der Waals surface area contributed by atoms with Crippen molar-refractivity contribution in [3.63, 3.8) is 0 Å². The zero-order chi connectivity index (χ0) is 11.3. The number of aromatic carboxylic acids is 1. The fourth-order valence-electron chi connectivity index (χ4n) is 1.09. The van der Waals surface area contributed by atoms with E-state index >= 15 is 0 Å². The van der Waals surface area contributed by atoms with Crippen LogP contribution in [0.3, 0.4) is 0 Å². The van der Waals surface area contributed by atoms with Crippen LogP contribution in [0.2, 0.25) is 0 Å². The van der Waals surface area contributed by atoms with E-state index in [4.69, 9.17) is 20.3 Å². The number of carboxylic acid groups (broad SMARTS) is 1. The lowest BCUT2D eigenvalue weighted by Gasteiger charge is -2.09. The summed E-state index contributed by atoms with van der Waals surface area (Å²) in [5, 5.41) is 8.80. The van der Waals surface area contributed by atoms with Crippen LogP contribution < -0.4 is 10.5 Å². The molecular formula is C10H13NO4. The number of carbonyl (C=O) groups is 1. The first-order valence-corrected chi connectivity index (χ1v) is 4.40. The van der Waals surface area contributed by atoms with E-state index in [2.05, 4.69) is 0 Å². The molecule has 0 radical (unpaired) electrons. The molecule has 0 unspecified atom stereocenters. The van der Waals surface area contributed by atoms with E-state index in [-0.39, 0.29) is 11.3 Å². The van der Waals surface area contributed by atoms with Crippen molar-refractivity contribution in [2.45, 2.75) is 0 Å². The van der Waals surface area contributed by atoms with Crippen molar-refractivity contribution in [2.75, 3.05) is 26.1 Å². The Morgan fingerprint density at radius 2 is 2.20 bits per heavy atom. The van der Waals surface area contributed by atoms with Crippen molar-refractivity contribution in [2.24, 2.45) is 0 Å². The molecule has 1 aromatic carbocycles. The van der Waals surface area contributed by atoms with Crippen molar-refractivity contribution < 1.29 is 19.4 Å². The predicted octanol–water partition coefficient (Wildman–Crippen LogP) is 0.992. The summed E-state index contributed by atoms with van der Waals surface area (Å²) in [5.41, 5.74) is 5.81. The fourth-order valence-corrected chi connectivity index (χ4v) is 1.09. The third-order valence-electron chi connectivity index (χ3n) is 1.84. The zero-order valence-electron chi connectivity index (χ0n) is 8.40. The van der Waals surface area contributed by atoms with E-state index in [1.807, 2.05) is 0 Å². The number of benzene rings is 1. The highest BCUT2D eigenvalue weighted by Crippen LogP contribution is 2.24. The number of carboxylic acids is 1. The van der Waals surface area contributed by atoms with Crippen LogP contribution in [-0.2, 0) is 4.74 Å². The third kappa shape index (κ3) is 2.85. The van der Waals surface area contributed by atoms with Crippen molar-refractivity contribution in [1.82, 2.24) is 0 Å². The van der Waals surface area contributed by atoms with Gasteiger partial charge in [-0.15, -0.1) is 0 Å². The molecule has 1 aromatic rings. The molecule has 0 heterocycles. The van der Waals surface area contributed by atoms with E-state index in [0.29, 0.717) is 19.0 Å². The quantitative estimate of drug-likeness (QED) is 0.560. The van der Waals surface area contributed by atoms with Gasteiger partial charge in [-0.05, 0) is 12.1 Å². The van der Waals surface area contributed by atoms with Crippen LogP contribution in [0.1, 0.15) is 10.4 Å². The Morgan fingerprint density at radius 1 is 1.47 bits per heavy atom. The molecule has 15 heavy (non-hydrogen) atoms. The molecule has 0 amide bonds. The Bertz CT molecular complexity index is 351. The minimum Gasteiger partial charge on any atom is -0.489 e. The van der Waals surface area contributed by atoms with Gasteiger partial charge in [0.1, 0.15) is 12.4 Å². The molecule has 0 spiro atoms. The minimum absolute atomic E-state index is 0.0462. The Kier molecular flexibility index (Phi) is 3.93. The second-order valence-corrected chi connectivity index (χ2v) is 2.86. The minimum atomic E-state index is -1.07. The van der Waals surface area contributed by atoms with E-state index in [1.54, 1.807) is 19.2 Å². The van der Waals surface area contributed by atoms with Crippen molar-refractivity contribution in [3.05, 3.63) is 23.8 Å². The van der Waals surface area contributed by atoms with Crippen molar-refractivity contribution >= 4 is 11.7 Å². The Labute approximate surface area is 87.4 Å². The molecule has 0 aliphatic rings. The molecule has 0 fully saturated rings. The number of hydrogen-bond acceptors (Lipinski definition) is 4. The lowest BCUT2D eigenvalue weighted by molar-refractivity contribution is 0.0697. The highest BCUT2D eigenvalue weighted by Gasteiger charge is 2.11. The largest absolute Gasteiger partial charge is 0.489 e. The number of rotatable bonds is 5. The maximum Gasteiger partial charge on any atom is 0.337 e. The van der Waals surface area contributed by atoms with Crippen molar-refractivity contribution in [3.8, 4) is 5.75 Å². The molecule has 0 saturated heterocycles. The summed E-state index contributed by atoms with van der Waals surface area (Å²) in [6.45, 7) is 0.764. The van der Waals surface area contributed by atoms with E-state index in [9.17, 15) is 4.79 Å². The molecule has 3 N–H and O–H groups in total. The van der Waals surface area contributed by atoms with Crippen LogP contribution in [0.15, 0.2) is 18.2 Å². The summed E-state index contributed by atoms with van der Waals surface area (Å²) in [6.07, 6.45) is 0. The van der Waals surface area contributed by atoms with Crippen LogP contribution in [-0.4, -0.2) is 31.4 Å². The molecule has 0 atom stereocenters. The van der Waals surface area contributed by atoms with Gasteiger partial charge in [0.25, 0.3) is 0 Å². The average Bonchev–Trinajstić information content (AvgIpc) is 2.20. The molecule has 0 saturated carbocycles. The van der Waals surface area contributed by atoms with Gasteiger partial charge >= 0.3 is 5.97 Å². The molecule has 0 bridgehead atoms. The summed E-state index contributed by atoms with van der Waals surface area (Å²) in [4.78, 5) is 10.7. The molecule has 5 heteroatoms. The monoisotopic (exact) mass is 211 g/mol. The maximum absolute atomic E-state index is 10.7. The highest BCUT2D eigenvalue weighted by molar-refractivity contribution is 5.95. The number of nitrogens with two attached hydrogens (primary N) is 1. The molecular weight excluding hydrogens is 198 g/mol. The molecule has 82 valence electrons. The van der Waals surface area contributed by atoms with E-state index < -0.39 is 5.97 Å². The molecule has 1 rings (SSSR count). The number of nitrogen functional groups attached to an aromatic ring is 1. The lowest BCUT2D eigenvalue weighted by atomic mass is 10.1. The van der Waals surface area contributed by atoms with Gasteiger partial charge < -0.3 is 20.3 Å².